The lowest BCUT2D eigenvalue weighted by atomic mass is 9.90. The van der Waals surface area contributed by atoms with Gasteiger partial charge in [-0.25, -0.2) is 4.39 Å². The molecular weight excluding hydrogens is 259 g/mol. The van der Waals surface area contributed by atoms with Gasteiger partial charge in [0.25, 0.3) is 0 Å². The molecule has 0 amide bonds. The number of hydrogen-bond donors (Lipinski definition) is 0. The summed E-state index contributed by atoms with van der Waals surface area (Å²) in [5.74, 6) is -5.72. The minimum absolute atomic E-state index is 0.0534. The summed E-state index contributed by atoms with van der Waals surface area (Å²) < 4.78 is 13.1. The smallest absolute Gasteiger partial charge is 0.190 e. The third-order valence-electron chi connectivity index (χ3n) is 2.76. The number of carboxylic acid groups (broad SMARTS) is 1. The van der Waals surface area contributed by atoms with Crippen molar-refractivity contribution < 1.29 is 23.9 Å². The van der Waals surface area contributed by atoms with E-state index < -0.39 is 34.5 Å². The lowest BCUT2D eigenvalue weighted by Gasteiger charge is -2.27. The van der Waals surface area contributed by atoms with E-state index in [0.29, 0.717) is 4.90 Å². The highest BCUT2D eigenvalue weighted by molar-refractivity contribution is 8.00. The van der Waals surface area contributed by atoms with Crippen molar-refractivity contribution in [1.82, 2.24) is 0 Å². The molecule has 0 radical (unpaired) electrons. The van der Waals surface area contributed by atoms with Crippen LogP contribution in [0.25, 0.3) is 0 Å². The minimum Gasteiger partial charge on any atom is -0.542 e. The van der Waals surface area contributed by atoms with Crippen LogP contribution in [0.5, 0.6) is 0 Å². The Morgan fingerprint density at radius 2 is 2.06 bits per heavy atom. The van der Waals surface area contributed by atoms with Crippen molar-refractivity contribution in [2.75, 3.05) is 0 Å². The summed E-state index contributed by atoms with van der Waals surface area (Å²) in [5, 5.41) is 10.1. The Hall–Kier alpha value is -1.69. The van der Waals surface area contributed by atoms with E-state index in [1.54, 1.807) is 6.92 Å². The second-order valence-corrected chi connectivity index (χ2v) is 5.38. The fourth-order valence-electron chi connectivity index (χ4n) is 1.91. The van der Waals surface area contributed by atoms with E-state index in [0.717, 1.165) is 6.07 Å². The monoisotopic (exact) mass is 267 g/mol. The molecule has 0 saturated heterocycles. The molecule has 1 heterocycles. The van der Waals surface area contributed by atoms with E-state index in [2.05, 4.69) is 0 Å². The van der Waals surface area contributed by atoms with Crippen LogP contribution in [0.4, 0.5) is 4.39 Å². The van der Waals surface area contributed by atoms with Crippen LogP contribution in [0.1, 0.15) is 17.3 Å². The average molecular weight is 267 g/mol. The lowest BCUT2D eigenvalue weighted by molar-refractivity contribution is -0.300. The Balaban J connectivity index is 2.47. The van der Waals surface area contributed by atoms with Crippen molar-refractivity contribution in [2.24, 2.45) is 5.92 Å². The second kappa shape index (κ2) is 4.53. The number of thioether (sulfide) groups is 1. The second-order valence-electron chi connectivity index (χ2n) is 3.96. The number of halogens is 1. The molecule has 0 aromatic heterocycles. The van der Waals surface area contributed by atoms with Gasteiger partial charge in [0.2, 0.25) is 0 Å². The van der Waals surface area contributed by atoms with Crippen molar-refractivity contribution >= 4 is 29.3 Å². The van der Waals surface area contributed by atoms with Gasteiger partial charge in [-0.15, -0.1) is 11.8 Å². The fraction of sp³-hybridized carbons (Fsp3) is 0.250. The van der Waals surface area contributed by atoms with Crippen LogP contribution in [0.2, 0.25) is 0 Å². The number of rotatable bonds is 2. The van der Waals surface area contributed by atoms with Crippen LogP contribution in [0, 0.1) is 11.7 Å². The van der Waals surface area contributed by atoms with E-state index in [1.165, 1.54) is 23.9 Å². The maximum Gasteiger partial charge on any atom is 0.190 e. The molecule has 1 aromatic carbocycles. The molecule has 0 aliphatic carbocycles. The molecule has 1 aliphatic rings. The summed E-state index contributed by atoms with van der Waals surface area (Å²) in [7, 11) is 0. The van der Waals surface area contributed by atoms with E-state index in [-0.39, 0.29) is 5.56 Å². The van der Waals surface area contributed by atoms with Gasteiger partial charge in [0.15, 0.2) is 11.6 Å². The third-order valence-corrected chi connectivity index (χ3v) is 4.01. The fourth-order valence-corrected chi connectivity index (χ4v) is 3.12. The first-order valence-corrected chi connectivity index (χ1v) is 6.05. The van der Waals surface area contributed by atoms with Crippen molar-refractivity contribution in [3.8, 4) is 0 Å². The molecule has 6 heteroatoms. The molecule has 18 heavy (non-hydrogen) atoms. The van der Waals surface area contributed by atoms with Gasteiger partial charge in [0, 0.05) is 15.7 Å². The topological polar surface area (TPSA) is 74.3 Å². The Bertz CT molecular complexity index is 555. The Morgan fingerprint density at radius 3 is 2.67 bits per heavy atom. The number of carbonyl (C=O) groups is 3. The summed E-state index contributed by atoms with van der Waals surface area (Å²) >= 11 is 1.18. The standard InChI is InChI=1S/C12H9FO4S/c1-5-9(11(15)12(16)17)10(14)7-4-6(13)2-3-8(7)18-5/h2-5,9H,1H3,(H,16,17)/p-1. The molecule has 2 rings (SSSR count). The maximum absolute atomic E-state index is 13.1. The van der Waals surface area contributed by atoms with Crippen molar-refractivity contribution in [1.29, 1.82) is 0 Å². The number of Topliss-reactive ketones (excluding diaryl/α,β-unsaturated/α-hetero) is 2. The predicted octanol–water partition coefficient (Wildman–Crippen LogP) is 0.438. The Morgan fingerprint density at radius 1 is 1.39 bits per heavy atom. The zero-order valence-electron chi connectivity index (χ0n) is 9.31. The minimum atomic E-state index is -1.89. The van der Waals surface area contributed by atoms with Crippen molar-refractivity contribution in [3.63, 3.8) is 0 Å². The summed E-state index contributed by atoms with van der Waals surface area (Å²) in [6.07, 6.45) is 0. The number of hydrogen-bond acceptors (Lipinski definition) is 5. The molecular formula is C12H8FO4S-. The van der Waals surface area contributed by atoms with Crippen LogP contribution in [0.15, 0.2) is 23.1 Å². The van der Waals surface area contributed by atoms with Gasteiger partial charge in [-0.05, 0) is 18.2 Å². The normalized spacial score (nSPS) is 22.4. The molecule has 0 saturated carbocycles. The van der Waals surface area contributed by atoms with Crippen LogP contribution in [0.3, 0.4) is 0 Å². The molecule has 2 atom stereocenters. The average Bonchev–Trinajstić information content (AvgIpc) is 2.30. The molecule has 1 aromatic rings. The van der Waals surface area contributed by atoms with Crippen LogP contribution in [-0.4, -0.2) is 22.8 Å². The van der Waals surface area contributed by atoms with E-state index in [4.69, 9.17) is 0 Å². The van der Waals surface area contributed by atoms with Crippen molar-refractivity contribution in [3.05, 3.63) is 29.6 Å². The summed E-state index contributed by atoms with van der Waals surface area (Å²) in [6.45, 7) is 1.58. The van der Waals surface area contributed by atoms with Crippen LogP contribution >= 0.6 is 11.8 Å². The van der Waals surface area contributed by atoms with Gasteiger partial charge in [-0.2, -0.15) is 0 Å². The zero-order chi connectivity index (χ0) is 13.4. The Labute approximate surface area is 106 Å². The largest absolute Gasteiger partial charge is 0.542 e. The molecule has 2 unspecified atom stereocenters. The molecule has 0 fully saturated rings. The van der Waals surface area contributed by atoms with E-state index >= 15 is 0 Å². The van der Waals surface area contributed by atoms with E-state index in [1.807, 2.05) is 0 Å². The Kier molecular flexibility index (Phi) is 3.21. The summed E-state index contributed by atoms with van der Waals surface area (Å²) in [6, 6.07) is 3.68. The first kappa shape index (κ1) is 12.8. The van der Waals surface area contributed by atoms with Gasteiger partial charge in [-0.1, -0.05) is 6.92 Å². The molecule has 0 spiro atoms. The van der Waals surface area contributed by atoms with Gasteiger partial charge in [0.05, 0.1) is 5.92 Å². The zero-order valence-corrected chi connectivity index (χ0v) is 10.1. The van der Waals surface area contributed by atoms with Gasteiger partial charge in [0.1, 0.15) is 11.8 Å². The molecule has 4 nitrogen and oxygen atoms in total. The lowest BCUT2D eigenvalue weighted by Crippen LogP contribution is -2.44. The summed E-state index contributed by atoms with van der Waals surface area (Å²) in [5.41, 5.74) is 0.0534. The van der Waals surface area contributed by atoms with Crippen molar-refractivity contribution in [2.45, 2.75) is 17.1 Å². The first-order chi connectivity index (χ1) is 8.41. The third kappa shape index (κ3) is 2.03. The number of ketones is 2. The number of carboxylic acids is 1. The van der Waals surface area contributed by atoms with Gasteiger partial charge in [-0.3, -0.25) is 9.59 Å². The number of fused-ring (bicyclic) bond motifs is 1. The summed E-state index contributed by atoms with van der Waals surface area (Å²) in [4.78, 5) is 34.6. The number of benzene rings is 1. The highest BCUT2D eigenvalue weighted by Crippen LogP contribution is 2.38. The predicted molar refractivity (Wildman–Crippen MR) is 59.6 cm³/mol. The number of carbonyl (C=O) groups excluding carboxylic acids is 3. The SMILES string of the molecule is CC1Sc2ccc(F)cc2C(=O)C1C(=O)C(=O)[O-]. The highest BCUT2D eigenvalue weighted by atomic mass is 32.2. The van der Waals surface area contributed by atoms with E-state index in [9.17, 15) is 23.9 Å². The van der Waals surface area contributed by atoms with Gasteiger partial charge < -0.3 is 9.90 Å². The quantitative estimate of drug-likeness (QED) is 0.574. The molecule has 0 bridgehead atoms. The maximum atomic E-state index is 13.1. The molecule has 94 valence electrons. The first-order valence-electron chi connectivity index (χ1n) is 5.17. The van der Waals surface area contributed by atoms with Crippen LogP contribution < -0.4 is 5.11 Å². The highest BCUT2D eigenvalue weighted by Gasteiger charge is 2.39. The molecule has 1 aliphatic heterocycles. The molecule has 0 N–H and O–H groups in total. The number of aliphatic carboxylic acids is 1. The van der Waals surface area contributed by atoms with Crippen LogP contribution in [-0.2, 0) is 9.59 Å². The van der Waals surface area contributed by atoms with Gasteiger partial charge >= 0.3 is 0 Å².